The van der Waals surface area contributed by atoms with Crippen LogP contribution in [0.2, 0.25) is 0 Å². The van der Waals surface area contributed by atoms with Crippen molar-refractivity contribution in [2.45, 2.75) is 273 Å². The summed E-state index contributed by atoms with van der Waals surface area (Å²) in [7, 11) is 0. The van der Waals surface area contributed by atoms with Crippen LogP contribution < -0.4 is 0 Å². The van der Waals surface area contributed by atoms with E-state index in [9.17, 15) is 0 Å². The number of unbranched alkanes of at least 4 members (excludes halogenated alkanes) is 12. The molecule has 16 aromatic rings. The first-order valence-corrected chi connectivity index (χ1v) is 41.9. The van der Waals surface area contributed by atoms with Gasteiger partial charge in [-0.1, -0.05) is 244 Å². The number of fused-ring (bicyclic) bond motifs is 7. The predicted molar refractivity (Wildman–Crippen MR) is 463 cm³/mol. The molecule has 0 N–H and O–H groups in total. The summed E-state index contributed by atoms with van der Waals surface area (Å²) in [4.78, 5) is 66.8. The van der Waals surface area contributed by atoms with Gasteiger partial charge in [-0.25, -0.2) is 0 Å². The molecule has 554 valence electrons. The normalized spacial score (nSPS) is 14.6. The Bertz CT molecular complexity index is 6250. The van der Waals surface area contributed by atoms with Gasteiger partial charge in [-0.2, -0.15) is 0 Å². The van der Waals surface area contributed by atoms with Gasteiger partial charge in [0.1, 0.15) is 0 Å². The summed E-state index contributed by atoms with van der Waals surface area (Å²) in [5.74, 6) is 6.83. The van der Waals surface area contributed by atoms with Crippen LogP contribution in [0.15, 0.2) is 103 Å². The minimum absolute atomic E-state index is 0.146. The number of benzene rings is 13. The van der Waals surface area contributed by atoms with Crippen LogP contribution in [0.3, 0.4) is 0 Å². The van der Waals surface area contributed by atoms with E-state index in [0.29, 0.717) is 38.6 Å². The van der Waals surface area contributed by atoms with Gasteiger partial charge in [0.05, 0.1) is 22.1 Å². The number of rotatable bonds is 22. The highest BCUT2D eigenvalue weighted by Gasteiger charge is 2.43. The molecule has 2 aliphatic heterocycles. The van der Waals surface area contributed by atoms with Gasteiger partial charge in [0.25, 0.3) is 23.6 Å². The summed E-state index contributed by atoms with van der Waals surface area (Å²) in [5, 5.41) is 26.9. The Morgan fingerprint density at radius 3 is 0.945 bits per heavy atom. The maximum atomic E-state index is 16.6. The lowest BCUT2D eigenvalue weighted by Crippen LogP contribution is -2.47. The highest BCUT2D eigenvalue weighted by molar-refractivity contribution is 6.53. The predicted octanol–water partition coefficient (Wildman–Crippen LogP) is 28.0. The van der Waals surface area contributed by atoms with E-state index < -0.39 is 0 Å². The second-order valence-corrected chi connectivity index (χ2v) is 37.7. The topological polar surface area (TPSA) is 79.2 Å². The molecule has 0 unspecified atom stereocenters. The lowest BCUT2D eigenvalue weighted by molar-refractivity contribution is 0.0501. The van der Waals surface area contributed by atoms with Crippen molar-refractivity contribution in [2.24, 2.45) is 0 Å². The standard InChI is InChI=1S/C102H107N3O4/c1-17-21-25-29-33-62(34-30-26-22-18-2)103-95(106)67-42-39-64-65-40-44-69-89-81(98(109)104(97(69)108)63(35-31-27-23-19-3)36-32-28-24-20-4)57(47-70(83(65)89)66-41-43-68(96(103)107)84(67)82(64)66)38-37-56-45-79-77-54-60(101(11,12)13)52-75-73-50-58(99(5,6)7)48-71-72-49-59(100(8,9)10)51-74-76-53-61(102(14,15)16)55-78-80(46-56)92(79)105-93(87(75)77)90(85(71)73)91(86(72)74)94(105)88(76)78/h39-55,62-63H,17-36H2,1-16H3. The number of carbonyl (C=O) groups excluding carboxylic acids is 4. The number of hydrogen-bond acceptors (Lipinski definition) is 4. The SMILES string of the molecule is CCCCCCC(CCCCCC)N1C(=O)c2ccc3c4ccc5c6c(c(C#Cc7cc8c9cc(C(C)(C)C)cc%10c%11cc(C(C)(C)C)cc%12c%13cc(C(C)(C)C)cc%14c%15cc(C(C)(C)C)cc%16c(c7)c8n7c(c%109)c(c%12%11)c(c%13%14)c7c%15%16)cc(c7ccc(c2c37)C1=O)c64)C(=O)N(C(CCCCCC)CCCCCC)C5=O. The van der Waals surface area contributed by atoms with Gasteiger partial charge in [0.2, 0.25) is 0 Å². The van der Waals surface area contributed by atoms with Crippen LogP contribution in [0.5, 0.6) is 0 Å². The molecule has 0 fully saturated rings. The van der Waals surface area contributed by atoms with Crippen molar-refractivity contribution < 1.29 is 19.2 Å². The highest BCUT2D eigenvalue weighted by Crippen LogP contribution is 2.59. The third-order valence-corrected chi connectivity index (χ3v) is 26.4. The maximum Gasteiger partial charge on any atom is 0.262 e. The molecule has 7 nitrogen and oxygen atoms in total. The largest absolute Gasteiger partial charge is 0.307 e. The van der Waals surface area contributed by atoms with Crippen LogP contribution >= 0.6 is 0 Å². The van der Waals surface area contributed by atoms with Gasteiger partial charge < -0.3 is 4.40 Å². The van der Waals surface area contributed by atoms with Crippen molar-refractivity contribution in [3.63, 3.8) is 0 Å². The average molecular weight is 1440 g/mol. The Morgan fingerprint density at radius 1 is 0.284 bits per heavy atom. The first-order chi connectivity index (χ1) is 52.2. The zero-order valence-electron chi connectivity index (χ0n) is 67.6. The summed E-state index contributed by atoms with van der Waals surface area (Å²) in [6.45, 7) is 37.2. The molecule has 0 saturated heterocycles. The van der Waals surface area contributed by atoms with E-state index in [4.69, 9.17) is 0 Å². The fourth-order valence-electron chi connectivity index (χ4n) is 20.5. The summed E-state index contributed by atoms with van der Waals surface area (Å²) in [6.07, 6.45) is 20.0. The highest BCUT2D eigenvalue weighted by atomic mass is 16.2. The first-order valence-electron chi connectivity index (χ1n) is 41.9. The molecule has 0 bridgehead atoms. The Morgan fingerprint density at radius 2 is 0.587 bits per heavy atom. The zero-order valence-corrected chi connectivity index (χ0v) is 67.6. The van der Waals surface area contributed by atoms with E-state index in [2.05, 4.69) is 212 Å². The Hall–Kier alpha value is -9.38. The smallest absolute Gasteiger partial charge is 0.262 e. The molecule has 0 radical (unpaired) electrons. The molecule has 7 heteroatoms. The monoisotopic (exact) mass is 1440 g/mol. The van der Waals surface area contributed by atoms with Crippen LogP contribution in [0.25, 0.3) is 146 Å². The van der Waals surface area contributed by atoms with E-state index in [1.165, 1.54) is 114 Å². The molecule has 109 heavy (non-hydrogen) atoms. The van der Waals surface area contributed by atoms with E-state index >= 15 is 19.2 Å². The molecule has 0 atom stereocenters. The minimum atomic E-state index is -0.284. The number of imide groups is 2. The Labute approximate surface area is 642 Å². The van der Waals surface area contributed by atoms with Gasteiger partial charge >= 0.3 is 0 Å². The average Bonchev–Trinajstić information content (AvgIpc) is 1.49. The van der Waals surface area contributed by atoms with Crippen LogP contribution in [-0.2, 0) is 21.7 Å². The number of amides is 4. The number of nitrogens with zero attached hydrogens (tertiary/aromatic N) is 3. The Balaban J connectivity index is 0.939. The summed E-state index contributed by atoms with van der Waals surface area (Å²) >= 11 is 0. The van der Waals surface area contributed by atoms with Crippen LogP contribution in [0.1, 0.15) is 314 Å². The van der Waals surface area contributed by atoms with Gasteiger partial charge in [-0.3, -0.25) is 29.0 Å². The van der Waals surface area contributed by atoms with Gasteiger partial charge in [-0.15, -0.1) is 0 Å². The van der Waals surface area contributed by atoms with Crippen LogP contribution in [0.4, 0.5) is 0 Å². The van der Waals surface area contributed by atoms with Crippen molar-refractivity contribution >= 4 is 169 Å². The lowest BCUT2D eigenvalue weighted by Gasteiger charge is -2.36. The lowest BCUT2D eigenvalue weighted by atomic mass is 9.77. The molecule has 13 aromatic carbocycles. The second-order valence-electron chi connectivity index (χ2n) is 37.7. The van der Waals surface area contributed by atoms with Crippen molar-refractivity contribution in [1.82, 2.24) is 14.2 Å². The quantitative estimate of drug-likeness (QED) is 0.0223. The van der Waals surface area contributed by atoms with Crippen LogP contribution in [-0.4, -0.2) is 49.9 Å². The first kappa shape index (κ1) is 71.2. The summed E-state index contributed by atoms with van der Waals surface area (Å²) in [6, 6.07) is 38.8. The third kappa shape index (κ3) is 10.6. The number of aromatic nitrogens is 1. The van der Waals surface area contributed by atoms with E-state index in [1.807, 2.05) is 18.2 Å². The molecule has 18 rings (SSSR count). The molecule has 2 aliphatic rings. The molecule has 0 aliphatic carbocycles. The fourth-order valence-corrected chi connectivity index (χ4v) is 20.5. The number of hydrogen-bond donors (Lipinski definition) is 0. The Kier molecular flexibility index (Phi) is 16.7. The number of carbonyl (C=O) groups is 4. The molecule has 3 aromatic heterocycles. The number of pyridine rings is 2. The van der Waals surface area contributed by atoms with E-state index in [-0.39, 0.29) is 57.4 Å². The fraction of sp³-hybridized carbons (Fsp3) is 0.412. The molecule has 0 spiro atoms. The van der Waals surface area contributed by atoms with Gasteiger partial charge in [-0.05, 0) is 230 Å². The summed E-state index contributed by atoms with van der Waals surface area (Å²) < 4.78 is 2.70. The molecule has 5 heterocycles. The minimum Gasteiger partial charge on any atom is -0.307 e. The van der Waals surface area contributed by atoms with E-state index in [1.54, 1.807) is 9.80 Å². The third-order valence-electron chi connectivity index (χ3n) is 26.4. The maximum absolute atomic E-state index is 16.6. The molecular weight excluding hydrogens is 1330 g/mol. The van der Waals surface area contributed by atoms with Crippen molar-refractivity contribution in [3.05, 3.63) is 159 Å². The zero-order chi connectivity index (χ0) is 76.1. The molecular formula is C102H107N3O4. The van der Waals surface area contributed by atoms with Crippen molar-refractivity contribution in [1.29, 1.82) is 0 Å². The van der Waals surface area contributed by atoms with Gasteiger partial charge in [0.15, 0.2) is 0 Å². The van der Waals surface area contributed by atoms with Gasteiger partial charge in [0, 0.05) is 93.8 Å². The van der Waals surface area contributed by atoms with E-state index in [0.717, 1.165) is 177 Å². The molecule has 4 amide bonds. The summed E-state index contributed by atoms with van der Waals surface area (Å²) in [5.41, 5.74) is 11.7. The van der Waals surface area contributed by atoms with Crippen LogP contribution in [0, 0.1) is 11.8 Å². The van der Waals surface area contributed by atoms with Crippen molar-refractivity contribution in [3.8, 4) is 11.8 Å². The second kappa shape index (κ2) is 25.6. The van der Waals surface area contributed by atoms with Crippen molar-refractivity contribution in [2.75, 3.05) is 0 Å². The molecule has 0 saturated carbocycles.